The molecule has 0 spiro atoms. The van der Waals surface area contributed by atoms with E-state index >= 15 is 0 Å². The van der Waals surface area contributed by atoms with E-state index in [1.165, 1.54) is 0 Å². The summed E-state index contributed by atoms with van der Waals surface area (Å²) in [6.07, 6.45) is 2.77. The van der Waals surface area contributed by atoms with Crippen molar-refractivity contribution < 1.29 is 14.3 Å². The highest BCUT2D eigenvalue weighted by Crippen LogP contribution is 2.26. The van der Waals surface area contributed by atoms with Crippen LogP contribution in [0.5, 0.6) is 0 Å². The number of rotatable bonds is 4. The molecule has 0 saturated carbocycles. The number of ether oxygens (including phenoxy) is 1. The summed E-state index contributed by atoms with van der Waals surface area (Å²) in [6, 6.07) is 13.5. The summed E-state index contributed by atoms with van der Waals surface area (Å²) >= 11 is 0. The molecule has 3 aromatic rings. The van der Waals surface area contributed by atoms with Crippen molar-refractivity contribution in [2.24, 2.45) is 7.05 Å². The highest BCUT2D eigenvalue weighted by atomic mass is 16.5. The van der Waals surface area contributed by atoms with Gasteiger partial charge in [0.05, 0.1) is 19.3 Å². The molecule has 2 amide bonds. The zero-order valence-corrected chi connectivity index (χ0v) is 18.6. The van der Waals surface area contributed by atoms with Crippen LogP contribution in [0.4, 0.5) is 0 Å². The van der Waals surface area contributed by atoms with Gasteiger partial charge in [0, 0.05) is 55.9 Å². The Morgan fingerprint density at radius 1 is 1.13 bits per heavy atom. The number of aromatic nitrogens is 1. The molecule has 1 aliphatic rings. The van der Waals surface area contributed by atoms with Crippen LogP contribution in [0.1, 0.15) is 31.8 Å². The fourth-order valence-corrected chi connectivity index (χ4v) is 4.32. The van der Waals surface area contributed by atoms with E-state index in [4.69, 9.17) is 4.74 Å². The van der Waals surface area contributed by atoms with Crippen LogP contribution < -0.4 is 0 Å². The van der Waals surface area contributed by atoms with Crippen LogP contribution in [-0.2, 0) is 18.2 Å². The van der Waals surface area contributed by atoms with E-state index in [1.54, 1.807) is 19.0 Å². The maximum absolute atomic E-state index is 13.3. The number of amides is 2. The predicted octanol–water partition coefficient (Wildman–Crippen LogP) is 3.27. The molecule has 0 bridgehead atoms. The second-order valence-corrected chi connectivity index (χ2v) is 8.50. The molecule has 6 heteroatoms. The monoisotopic (exact) mass is 419 g/mol. The zero-order chi connectivity index (χ0) is 22.1. The van der Waals surface area contributed by atoms with Gasteiger partial charge in [-0.3, -0.25) is 9.59 Å². The Labute approximate surface area is 183 Å². The number of fused-ring (bicyclic) bond motifs is 1. The van der Waals surface area contributed by atoms with E-state index in [0.717, 1.165) is 22.0 Å². The molecule has 31 heavy (non-hydrogen) atoms. The Kier molecular flexibility index (Phi) is 5.83. The minimum atomic E-state index is -0.0550. The first kappa shape index (κ1) is 21.1. The Morgan fingerprint density at radius 3 is 2.68 bits per heavy atom. The van der Waals surface area contributed by atoms with Gasteiger partial charge in [0.25, 0.3) is 11.8 Å². The standard InChI is InChI=1S/C25H29N3O3/c1-17-6-5-7-18(12-17)25(30)28-10-11-31-16-21(28)13-20-15-27(4)23-9-8-19(14-22(20)23)24(29)26(2)3/h5-9,12,14-15,21H,10-11,13,16H2,1-4H3/t21-/m0/s1. The molecule has 0 aliphatic carbocycles. The maximum atomic E-state index is 13.3. The maximum Gasteiger partial charge on any atom is 0.254 e. The highest BCUT2D eigenvalue weighted by Gasteiger charge is 2.29. The van der Waals surface area contributed by atoms with Crippen molar-refractivity contribution in [2.45, 2.75) is 19.4 Å². The Balaban J connectivity index is 1.65. The fraction of sp³-hybridized carbons (Fsp3) is 0.360. The molecule has 0 N–H and O–H groups in total. The van der Waals surface area contributed by atoms with E-state index in [2.05, 4.69) is 10.8 Å². The van der Waals surface area contributed by atoms with Crippen molar-refractivity contribution >= 4 is 22.7 Å². The van der Waals surface area contributed by atoms with Crippen LogP contribution in [0.3, 0.4) is 0 Å². The first-order valence-corrected chi connectivity index (χ1v) is 10.6. The fourth-order valence-electron chi connectivity index (χ4n) is 4.32. The molecule has 2 aromatic carbocycles. The molecular weight excluding hydrogens is 390 g/mol. The largest absolute Gasteiger partial charge is 0.377 e. The van der Waals surface area contributed by atoms with Crippen molar-refractivity contribution in [3.05, 3.63) is 70.9 Å². The van der Waals surface area contributed by atoms with Crippen molar-refractivity contribution in [1.29, 1.82) is 0 Å². The van der Waals surface area contributed by atoms with Gasteiger partial charge < -0.3 is 19.1 Å². The lowest BCUT2D eigenvalue weighted by Crippen LogP contribution is -2.49. The van der Waals surface area contributed by atoms with Gasteiger partial charge in [-0.2, -0.15) is 0 Å². The average molecular weight is 420 g/mol. The van der Waals surface area contributed by atoms with Gasteiger partial charge in [0.15, 0.2) is 0 Å². The van der Waals surface area contributed by atoms with Crippen LogP contribution in [0.25, 0.3) is 10.9 Å². The third-order valence-corrected chi connectivity index (χ3v) is 5.93. The Bertz CT molecular complexity index is 1130. The SMILES string of the molecule is Cc1cccc(C(=O)N2CCOC[C@@H]2Cc2cn(C)c3ccc(C(=O)N(C)C)cc23)c1. The van der Waals surface area contributed by atoms with Crippen LogP contribution >= 0.6 is 0 Å². The quantitative estimate of drug-likeness (QED) is 0.652. The molecular formula is C25H29N3O3. The van der Waals surface area contributed by atoms with Crippen LogP contribution in [0, 0.1) is 6.92 Å². The summed E-state index contributed by atoms with van der Waals surface area (Å²) in [6.45, 7) is 3.62. The lowest BCUT2D eigenvalue weighted by Gasteiger charge is -2.36. The summed E-state index contributed by atoms with van der Waals surface area (Å²) < 4.78 is 7.82. The van der Waals surface area contributed by atoms with Gasteiger partial charge >= 0.3 is 0 Å². The first-order valence-electron chi connectivity index (χ1n) is 10.6. The van der Waals surface area contributed by atoms with Gasteiger partial charge in [-0.1, -0.05) is 17.7 Å². The lowest BCUT2D eigenvalue weighted by atomic mass is 10.0. The van der Waals surface area contributed by atoms with Gasteiger partial charge in [-0.25, -0.2) is 0 Å². The highest BCUT2D eigenvalue weighted by molar-refractivity contribution is 5.99. The van der Waals surface area contributed by atoms with E-state index in [1.807, 2.05) is 61.3 Å². The normalized spacial score (nSPS) is 16.5. The molecule has 2 heterocycles. The molecule has 0 unspecified atom stereocenters. The number of aryl methyl sites for hydroxylation is 2. The zero-order valence-electron chi connectivity index (χ0n) is 18.6. The van der Waals surface area contributed by atoms with E-state index in [0.29, 0.717) is 37.3 Å². The molecule has 1 aromatic heterocycles. The van der Waals surface area contributed by atoms with Gasteiger partial charge in [0.1, 0.15) is 0 Å². The Morgan fingerprint density at radius 2 is 1.94 bits per heavy atom. The summed E-state index contributed by atoms with van der Waals surface area (Å²) in [5, 5.41) is 1.05. The predicted molar refractivity (Wildman–Crippen MR) is 121 cm³/mol. The van der Waals surface area contributed by atoms with Crippen molar-refractivity contribution in [3.63, 3.8) is 0 Å². The van der Waals surface area contributed by atoms with Gasteiger partial charge in [-0.05, 0) is 49.2 Å². The molecule has 4 rings (SSSR count). The number of hydrogen-bond acceptors (Lipinski definition) is 3. The van der Waals surface area contributed by atoms with E-state index < -0.39 is 0 Å². The number of hydrogen-bond donors (Lipinski definition) is 0. The van der Waals surface area contributed by atoms with Gasteiger partial charge in [0.2, 0.25) is 0 Å². The summed E-state index contributed by atoms with van der Waals surface area (Å²) in [7, 11) is 5.52. The summed E-state index contributed by atoms with van der Waals surface area (Å²) in [4.78, 5) is 29.2. The van der Waals surface area contributed by atoms with Crippen LogP contribution in [-0.4, -0.2) is 66.1 Å². The smallest absolute Gasteiger partial charge is 0.254 e. The molecule has 0 radical (unpaired) electrons. The number of carbonyl (C=O) groups is 2. The third-order valence-electron chi connectivity index (χ3n) is 5.93. The lowest BCUT2D eigenvalue weighted by molar-refractivity contribution is -0.00156. The van der Waals surface area contributed by atoms with E-state index in [9.17, 15) is 9.59 Å². The minimum Gasteiger partial charge on any atom is -0.377 e. The van der Waals surface area contributed by atoms with Crippen molar-refractivity contribution in [3.8, 4) is 0 Å². The number of benzene rings is 2. The summed E-state index contributed by atoms with van der Waals surface area (Å²) in [5.41, 5.74) is 4.63. The van der Waals surface area contributed by atoms with E-state index in [-0.39, 0.29) is 17.9 Å². The topological polar surface area (TPSA) is 54.8 Å². The number of carbonyl (C=O) groups excluding carboxylic acids is 2. The average Bonchev–Trinajstić information content (AvgIpc) is 3.07. The van der Waals surface area contributed by atoms with Crippen molar-refractivity contribution in [2.75, 3.05) is 33.9 Å². The third kappa shape index (κ3) is 4.21. The summed E-state index contributed by atoms with van der Waals surface area (Å²) in [5.74, 6) is 0.0228. The second-order valence-electron chi connectivity index (χ2n) is 8.50. The Hall–Kier alpha value is -3.12. The molecule has 1 fully saturated rings. The minimum absolute atomic E-state index is 0.0195. The van der Waals surface area contributed by atoms with Crippen LogP contribution in [0.15, 0.2) is 48.7 Å². The molecule has 1 aliphatic heterocycles. The second kappa shape index (κ2) is 8.55. The molecule has 1 saturated heterocycles. The molecule has 1 atom stereocenters. The molecule has 6 nitrogen and oxygen atoms in total. The van der Waals surface area contributed by atoms with Gasteiger partial charge in [-0.15, -0.1) is 0 Å². The molecule has 162 valence electrons. The first-order chi connectivity index (χ1) is 14.8. The van der Waals surface area contributed by atoms with Crippen LogP contribution in [0.2, 0.25) is 0 Å². The number of morpholine rings is 1. The number of nitrogens with zero attached hydrogens (tertiary/aromatic N) is 3. The van der Waals surface area contributed by atoms with Crippen molar-refractivity contribution in [1.82, 2.24) is 14.4 Å².